The van der Waals surface area contributed by atoms with E-state index in [1.54, 1.807) is 0 Å². The first-order chi connectivity index (χ1) is 7.22. The Hall–Kier alpha value is -1.12. The Kier molecular flexibility index (Phi) is 2.89. The quantitative estimate of drug-likeness (QED) is 0.710. The molecule has 0 aliphatic carbocycles. The minimum absolute atomic E-state index is 0.0324. The highest BCUT2D eigenvalue weighted by Gasteiger charge is 2.22. The molecule has 1 aliphatic rings. The van der Waals surface area contributed by atoms with E-state index >= 15 is 0 Å². The van der Waals surface area contributed by atoms with Crippen LogP contribution in [0.2, 0.25) is 0 Å². The molecule has 15 heavy (non-hydrogen) atoms. The van der Waals surface area contributed by atoms with E-state index in [0.29, 0.717) is 5.92 Å². The molecule has 0 bridgehead atoms. The zero-order valence-electron chi connectivity index (χ0n) is 9.44. The average Bonchev–Trinajstić information content (AvgIpc) is 2.61. The molecule has 0 amide bonds. The number of hydrogen-bond donors (Lipinski definition) is 0. The largest absolute Gasteiger partial charge is 0.322 e. The molecule has 82 valence electrons. The molecule has 1 atom stereocenters. The number of rotatable bonds is 3. The Morgan fingerprint density at radius 1 is 1.67 bits per heavy atom. The standard InChI is InChI=1S/C12H18N2O/c1-9(2)6-12-13-7-10-4-3-5-11(8-15)14(10)12/h7-9,11H,3-6H2,1-2H3. The number of aromatic nitrogens is 2. The number of aryl methyl sites for hydroxylation is 1. The van der Waals surface area contributed by atoms with Crippen molar-refractivity contribution in [3.8, 4) is 0 Å². The van der Waals surface area contributed by atoms with E-state index in [0.717, 1.165) is 37.8 Å². The number of imidazole rings is 1. The highest BCUT2D eigenvalue weighted by molar-refractivity contribution is 5.56. The summed E-state index contributed by atoms with van der Waals surface area (Å²) in [4.78, 5) is 15.5. The number of fused-ring (bicyclic) bond motifs is 1. The van der Waals surface area contributed by atoms with Gasteiger partial charge < -0.3 is 9.36 Å². The van der Waals surface area contributed by atoms with E-state index < -0.39 is 0 Å². The van der Waals surface area contributed by atoms with E-state index in [9.17, 15) is 4.79 Å². The van der Waals surface area contributed by atoms with Crippen LogP contribution in [0.4, 0.5) is 0 Å². The van der Waals surface area contributed by atoms with Crippen molar-refractivity contribution in [2.24, 2.45) is 5.92 Å². The molecule has 0 fully saturated rings. The monoisotopic (exact) mass is 206 g/mol. The summed E-state index contributed by atoms with van der Waals surface area (Å²) >= 11 is 0. The summed E-state index contributed by atoms with van der Waals surface area (Å²) in [6.45, 7) is 4.36. The maximum absolute atomic E-state index is 11.0. The van der Waals surface area contributed by atoms with Crippen LogP contribution in [-0.2, 0) is 17.6 Å². The van der Waals surface area contributed by atoms with E-state index in [2.05, 4.69) is 23.4 Å². The lowest BCUT2D eigenvalue weighted by Crippen LogP contribution is -2.21. The van der Waals surface area contributed by atoms with E-state index in [4.69, 9.17) is 0 Å². The van der Waals surface area contributed by atoms with Crippen LogP contribution in [0.15, 0.2) is 6.20 Å². The Morgan fingerprint density at radius 3 is 3.13 bits per heavy atom. The fourth-order valence-corrected chi connectivity index (χ4v) is 2.30. The third-order valence-electron chi connectivity index (χ3n) is 2.96. The second kappa shape index (κ2) is 4.17. The van der Waals surface area contributed by atoms with Gasteiger partial charge in [0.2, 0.25) is 0 Å². The first-order valence-corrected chi connectivity index (χ1v) is 5.72. The highest BCUT2D eigenvalue weighted by Crippen LogP contribution is 2.26. The molecule has 3 nitrogen and oxygen atoms in total. The summed E-state index contributed by atoms with van der Waals surface area (Å²) in [5.41, 5.74) is 1.23. The maximum Gasteiger partial charge on any atom is 0.142 e. The molecule has 3 heteroatoms. The van der Waals surface area contributed by atoms with Gasteiger partial charge in [0.1, 0.15) is 12.1 Å². The van der Waals surface area contributed by atoms with Crippen molar-refractivity contribution in [1.82, 2.24) is 9.55 Å². The summed E-state index contributed by atoms with van der Waals surface area (Å²) in [5, 5.41) is 0. The van der Waals surface area contributed by atoms with Crippen molar-refractivity contribution in [2.45, 2.75) is 45.6 Å². The summed E-state index contributed by atoms with van der Waals surface area (Å²) in [6.07, 6.45) is 7.11. The minimum atomic E-state index is 0.0324. The molecule has 0 saturated heterocycles. The summed E-state index contributed by atoms with van der Waals surface area (Å²) < 4.78 is 2.15. The number of nitrogens with zero attached hydrogens (tertiary/aromatic N) is 2. The molecule has 1 aromatic heterocycles. The van der Waals surface area contributed by atoms with Crippen molar-refractivity contribution in [1.29, 1.82) is 0 Å². The first-order valence-electron chi connectivity index (χ1n) is 5.72. The third kappa shape index (κ3) is 1.96. The fourth-order valence-electron chi connectivity index (χ4n) is 2.30. The van der Waals surface area contributed by atoms with E-state index in [-0.39, 0.29) is 6.04 Å². The second-order valence-electron chi connectivity index (χ2n) is 4.73. The Labute approximate surface area is 90.5 Å². The number of carbonyl (C=O) groups excluding carboxylic acids is 1. The molecule has 0 N–H and O–H groups in total. The molecule has 0 radical (unpaired) electrons. The predicted octanol–water partition coefficient (Wildman–Crippen LogP) is 2.16. The molecule has 1 aromatic rings. The SMILES string of the molecule is CC(C)Cc1ncc2n1C(C=O)CCC2. The van der Waals surface area contributed by atoms with Crippen LogP contribution in [0.3, 0.4) is 0 Å². The lowest BCUT2D eigenvalue weighted by Gasteiger charge is -2.23. The molecule has 0 saturated carbocycles. The second-order valence-corrected chi connectivity index (χ2v) is 4.73. The van der Waals surface area contributed by atoms with Gasteiger partial charge in [-0.2, -0.15) is 0 Å². The maximum atomic E-state index is 11.0. The summed E-state index contributed by atoms with van der Waals surface area (Å²) in [5.74, 6) is 1.67. The average molecular weight is 206 g/mol. The van der Waals surface area contributed by atoms with Crippen molar-refractivity contribution in [2.75, 3.05) is 0 Å². The summed E-state index contributed by atoms with van der Waals surface area (Å²) in [7, 11) is 0. The predicted molar refractivity (Wildman–Crippen MR) is 58.8 cm³/mol. The van der Waals surface area contributed by atoms with Crippen molar-refractivity contribution in [3.63, 3.8) is 0 Å². The van der Waals surface area contributed by atoms with Gasteiger partial charge >= 0.3 is 0 Å². The Balaban J connectivity index is 2.33. The van der Waals surface area contributed by atoms with E-state index in [1.807, 2.05) is 6.20 Å². The lowest BCUT2D eigenvalue weighted by atomic mass is 10.0. The van der Waals surface area contributed by atoms with Crippen LogP contribution >= 0.6 is 0 Å². The highest BCUT2D eigenvalue weighted by atomic mass is 16.1. The van der Waals surface area contributed by atoms with Crippen molar-refractivity contribution in [3.05, 3.63) is 17.7 Å². The van der Waals surface area contributed by atoms with Gasteiger partial charge in [0.25, 0.3) is 0 Å². The number of carbonyl (C=O) groups is 1. The van der Waals surface area contributed by atoms with Gasteiger partial charge in [-0.1, -0.05) is 13.8 Å². The van der Waals surface area contributed by atoms with Gasteiger partial charge in [0.15, 0.2) is 0 Å². The molecule has 2 heterocycles. The van der Waals surface area contributed by atoms with E-state index in [1.165, 1.54) is 5.69 Å². The Morgan fingerprint density at radius 2 is 2.47 bits per heavy atom. The zero-order valence-corrected chi connectivity index (χ0v) is 9.44. The number of aldehydes is 1. The van der Waals surface area contributed by atoms with Gasteiger partial charge in [-0.25, -0.2) is 4.98 Å². The van der Waals surface area contributed by atoms with Gasteiger partial charge in [-0.15, -0.1) is 0 Å². The molecule has 2 rings (SSSR count). The van der Waals surface area contributed by atoms with Gasteiger partial charge in [-0.3, -0.25) is 0 Å². The summed E-state index contributed by atoms with van der Waals surface area (Å²) in [6, 6.07) is 0.0324. The molecule has 1 aliphatic heterocycles. The lowest BCUT2D eigenvalue weighted by molar-refractivity contribution is -0.111. The van der Waals surface area contributed by atoms with Gasteiger partial charge in [0, 0.05) is 18.3 Å². The zero-order chi connectivity index (χ0) is 10.8. The van der Waals surface area contributed by atoms with Crippen LogP contribution in [-0.4, -0.2) is 15.8 Å². The van der Waals surface area contributed by atoms with Crippen LogP contribution in [0.25, 0.3) is 0 Å². The fraction of sp³-hybridized carbons (Fsp3) is 0.667. The smallest absolute Gasteiger partial charge is 0.142 e. The van der Waals surface area contributed by atoms with Crippen molar-refractivity contribution >= 4 is 6.29 Å². The first kappa shape index (κ1) is 10.4. The van der Waals surface area contributed by atoms with Crippen LogP contribution < -0.4 is 0 Å². The van der Waals surface area contributed by atoms with Crippen molar-refractivity contribution < 1.29 is 4.79 Å². The molecule has 0 aromatic carbocycles. The normalized spacial score (nSPS) is 20.3. The topological polar surface area (TPSA) is 34.9 Å². The molecule has 1 unspecified atom stereocenters. The minimum Gasteiger partial charge on any atom is -0.322 e. The molecular weight excluding hydrogens is 188 g/mol. The number of hydrogen-bond acceptors (Lipinski definition) is 2. The van der Waals surface area contributed by atoms with Gasteiger partial charge in [0.05, 0.1) is 6.04 Å². The van der Waals surface area contributed by atoms with Crippen LogP contribution in [0, 0.1) is 5.92 Å². The third-order valence-corrected chi connectivity index (χ3v) is 2.96. The van der Waals surface area contributed by atoms with Crippen LogP contribution in [0.5, 0.6) is 0 Å². The van der Waals surface area contributed by atoms with Crippen LogP contribution in [0.1, 0.15) is 44.2 Å². The molecule has 0 spiro atoms. The Bertz CT molecular complexity index is 355. The van der Waals surface area contributed by atoms with Gasteiger partial charge in [-0.05, 0) is 25.2 Å². The molecular formula is C12H18N2O.